The van der Waals surface area contributed by atoms with Crippen LogP contribution >= 0.6 is 0 Å². The van der Waals surface area contributed by atoms with Crippen LogP contribution < -0.4 is 0 Å². The Morgan fingerprint density at radius 3 is 0.444 bits per heavy atom. The predicted octanol–water partition coefficient (Wildman–Crippen LogP) is 0.885. The molecule has 0 bridgehead atoms. The van der Waals surface area contributed by atoms with Gasteiger partial charge in [0.1, 0.15) is 0 Å². The van der Waals surface area contributed by atoms with Gasteiger partial charge in [-0.1, -0.05) is 0 Å². The van der Waals surface area contributed by atoms with Crippen LogP contribution in [0.4, 0.5) is 19.2 Å². The quantitative estimate of drug-likeness (QED) is 0.279. The summed E-state index contributed by atoms with van der Waals surface area (Å²) in [4.78, 5) is 34.2. The van der Waals surface area contributed by atoms with E-state index in [1.807, 2.05) is 0 Å². The minimum absolute atomic E-state index is 0. The van der Waals surface area contributed by atoms with Crippen LogP contribution in [-0.2, 0) is 34.1 Å². The zero-order chi connectivity index (χ0) is 14.3. The van der Waals surface area contributed by atoms with E-state index < -0.39 is 24.6 Å². The Balaban J connectivity index is -0.0000000257. The molecule has 0 spiro atoms. The van der Waals surface area contributed by atoms with Crippen molar-refractivity contribution >= 4 is 24.6 Å². The zero-order valence-corrected chi connectivity index (χ0v) is 9.91. The third-order valence-electron chi connectivity index (χ3n) is 0. The van der Waals surface area contributed by atoms with Crippen molar-refractivity contribution in [2.45, 2.75) is 0 Å². The Hall–Kier alpha value is -1.88. The zero-order valence-electron chi connectivity index (χ0n) is 7.87. The average molecular weight is 367 g/mol. The molecule has 18 heavy (non-hydrogen) atoms. The van der Waals surface area contributed by atoms with E-state index >= 15 is 0 Å². The largest absolute Gasteiger partial charge is 0.503 e. The fraction of sp³-hybridized carbons (Fsp3) is 0. The number of rotatable bonds is 0. The maximum absolute atomic E-state index is 8.56. The van der Waals surface area contributed by atoms with Gasteiger partial charge >= 0.3 is 24.6 Å². The molecule has 1 radical (unpaired) electrons. The Labute approximate surface area is 119 Å². The van der Waals surface area contributed by atoms with Gasteiger partial charge in [0.25, 0.3) is 0 Å². The van der Waals surface area contributed by atoms with E-state index in [4.69, 9.17) is 60.0 Å². The molecule has 0 saturated carbocycles. The second-order valence-electron chi connectivity index (χ2n) is 1.13. The van der Waals surface area contributed by atoms with Gasteiger partial charge in [-0.15, -0.1) is 0 Å². The Morgan fingerprint density at radius 2 is 0.444 bits per heavy atom. The van der Waals surface area contributed by atoms with E-state index in [0.717, 1.165) is 0 Å². The molecule has 0 fully saturated rings. The third-order valence-corrected chi connectivity index (χ3v) is 0. The van der Waals surface area contributed by atoms with Crippen molar-refractivity contribution in [2.24, 2.45) is 0 Å². The van der Waals surface area contributed by atoms with Gasteiger partial charge in [-0.3, -0.25) is 0 Å². The number of carboxylic acid groups (broad SMARTS) is 8. The van der Waals surface area contributed by atoms with E-state index in [1.54, 1.807) is 0 Å². The number of hydrogen-bond donors (Lipinski definition) is 8. The first-order valence-electron chi connectivity index (χ1n) is 2.61. The maximum Gasteiger partial charge on any atom is 0.503 e. The predicted molar refractivity (Wildman–Crippen MR) is 42.6 cm³/mol. The minimum Gasteiger partial charge on any atom is -0.450 e. The summed E-state index contributed by atoms with van der Waals surface area (Å²) in [6.45, 7) is 0. The molecule has 0 rings (SSSR count). The minimum atomic E-state index is -1.83. The van der Waals surface area contributed by atoms with Gasteiger partial charge < -0.3 is 40.9 Å². The summed E-state index contributed by atoms with van der Waals surface area (Å²) < 4.78 is 0. The van der Waals surface area contributed by atoms with Crippen molar-refractivity contribution in [1.82, 2.24) is 0 Å². The van der Waals surface area contributed by atoms with Crippen LogP contribution in [0.1, 0.15) is 0 Å². The SMILES string of the molecule is O=C(O)O.O=C(O)O.O=C(O)O.O=C(O)O.[Cu].[Fe]. The molecule has 0 aliphatic carbocycles. The molecule has 0 heterocycles. The van der Waals surface area contributed by atoms with Gasteiger partial charge in [0.2, 0.25) is 0 Å². The van der Waals surface area contributed by atoms with E-state index in [1.165, 1.54) is 0 Å². The second-order valence-corrected chi connectivity index (χ2v) is 1.13. The summed E-state index contributed by atoms with van der Waals surface area (Å²) in [5, 5.41) is 55.8. The van der Waals surface area contributed by atoms with Gasteiger partial charge in [-0.05, 0) is 0 Å². The molecule has 0 aromatic carbocycles. The van der Waals surface area contributed by atoms with Crippen molar-refractivity contribution in [3.63, 3.8) is 0 Å². The van der Waals surface area contributed by atoms with Crippen molar-refractivity contribution in [3.8, 4) is 0 Å². The van der Waals surface area contributed by atoms with Crippen LogP contribution in [0.15, 0.2) is 0 Å². The smallest absolute Gasteiger partial charge is 0.450 e. The van der Waals surface area contributed by atoms with Crippen LogP contribution in [-0.4, -0.2) is 65.5 Å². The van der Waals surface area contributed by atoms with Gasteiger partial charge in [0.05, 0.1) is 0 Å². The molecule has 8 N–H and O–H groups in total. The summed E-state index contributed by atoms with van der Waals surface area (Å²) in [6.07, 6.45) is -7.33. The standard InChI is InChI=1S/4CH2O3.Cu.Fe/c4*2-1(3)4;;/h4*(H2,2,3,4);;. The average Bonchev–Trinajstić information content (AvgIpc) is 1.76. The van der Waals surface area contributed by atoms with Gasteiger partial charge in [0.15, 0.2) is 0 Å². The normalized spacial score (nSPS) is 5.33. The first-order chi connectivity index (χ1) is 6.93. The third kappa shape index (κ3) is 687. The molecule has 12 nitrogen and oxygen atoms in total. The molecule has 0 aromatic heterocycles. The number of carbonyl (C=O) groups is 4. The van der Waals surface area contributed by atoms with Crippen molar-refractivity contribution in [1.29, 1.82) is 0 Å². The molecule has 0 atom stereocenters. The van der Waals surface area contributed by atoms with Gasteiger partial charge in [-0.25, -0.2) is 19.2 Å². The summed E-state index contributed by atoms with van der Waals surface area (Å²) in [5.74, 6) is 0. The number of hydrogen-bond acceptors (Lipinski definition) is 4. The molecule has 14 heteroatoms. The Kier molecular flexibility index (Phi) is 58.8. The summed E-state index contributed by atoms with van der Waals surface area (Å²) in [5.41, 5.74) is 0. The van der Waals surface area contributed by atoms with E-state index in [0.29, 0.717) is 0 Å². The van der Waals surface area contributed by atoms with Crippen molar-refractivity contribution in [3.05, 3.63) is 0 Å². The molecule has 0 amide bonds. The summed E-state index contributed by atoms with van der Waals surface area (Å²) in [7, 11) is 0. The fourth-order valence-electron chi connectivity index (χ4n) is 0. The first-order valence-corrected chi connectivity index (χ1v) is 2.61. The fourth-order valence-corrected chi connectivity index (χ4v) is 0. The van der Waals surface area contributed by atoms with Crippen molar-refractivity contribution < 1.29 is 94.2 Å². The van der Waals surface area contributed by atoms with Gasteiger partial charge in [-0.2, -0.15) is 0 Å². The van der Waals surface area contributed by atoms with E-state index in [2.05, 4.69) is 0 Å². The Bertz CT molecular complexity index is 164. The van der Waals surface area contributed by atoms with Crippen LogP contribution in [0.25, 0.3) is 0 Å². The molecule has 0 saturated heterocycles. The van der Waals surface area contributed by atoms with Gasteiger partial charge in [0, 0.05) is 34.1 Å². The molecule has 0 unspecified atom stereocenters. The van der Waals surface area contributed by atoms with Crippen LogP contribution in [0.5, 0.6) is 0 Å². The monoisotopic (exact) mass is 367 g/mol. The molecule has 0 aromatic rings. The van der Waals surface area contributed by atoms with Crippen LogP contribution in [0, 0.1) is 0 Å². The molecular formula is C4H8CuFeO12. The second kappa shape index (κ2) is 29.4. The topological polar surface area (TPSA) is 230 Å². The maximum atomic E-state index is 8.56. The molecular weight excluding hydrogens is 359 g/mol. The molecule has 115 valence electrons. The van der Waals surface area contributed by atoms with Crippen molar-refractivity contribution in [2.75, 3.05) is 0 Å². The molecule has 0 aliphatic rings. The summed E-state index contributed by atoms with van der Waals surface area (Å²) in [6, 6.07) is 0. The summed E-state index contributed by atoms with van der Waals surface area (Å²) >= 11 is 0. The molecule has 0 aliphatic heterocycles. The van der Waals surface area contributed by atoms with Crippen LogP contribution in [0.2, 0.25) is 0 Å². The van der Waals surface area contributed by atoms with E-state index in [9.17, 15) is 0 Å². The first kappa shape index (κ1) is 36.0. The van der Waals surface area contributed by atoms with E-state index in [-0.39, 0.29) is 34.1 Å². The Morgan fingerprint density at radius 1 is 0.444 bits per heavy atom. The van der Waals surface area contributed by atoms with Crippen LogP contribution in [0.3, 0.4) is 0 Å².